The van der Waals surface area contributed by atoms with E-state index >= 15 is 0 Å². The fraction of sp³-hybridized carbons (Fsp3) is 0. The van der Waals surface area contributed by atoms with Crippen LogP contribution in [0.1, 0.15) is 0 Å². The standard InChI is InChI=1S/C50H33N3S.C32H22N2.C18H12BrNS/c1-3-13-34(14-4-1)36-31-37(35-15-5-2-6-16-35)33-40(32-36)51-30-29-43-44(51)28-27-42-41-17-7-8-18-45(41)53(50(42)43)39-25-23-38(24-26-39)52-46-19-9-11-21-48(46)54-49-22-12-10-20-47(49)52;1-3-9-22(10-4-1)24-19-25(23-11-5-2-6-12-23)21-26(20-24)34-18-17-29-31(34)16-15-28-27-13-7-8-14-30(27)33-32(28)29;19-13-9-11-14(12-10-13)20-15-5-1-3-7-17(15)21-18-8-4-2-6-16(18)20/h1-33H;1-21,33H;1-12H. The number of aromatic nitrogens is 4. The lowest BCUT2D eigenvalue weighted by Gasteiger charge is -2.32. The van der Waals surface area contributed by atoms with Crippen LogP contribution in [-0.2, 0) is 0 Å². The molecule has 1 N–H and O–H groups in total. The fourth-order valence-electron chi connectivity index (χ4n) is 15.9. The second kappa shape index (κ2) is 28.0. The Morgan fingerprint density at radius 3 is 1.07 bits per heavy atom. The number of anilines is 6. The quantitative estimate of drug-likeness (QED) is 0.156. The molecule has 6 heterocycles. The van der Waals surface area contributed by atoms with Gasteiger partial charge >= 0.3 is 0 Å². The maximum absolute atomic E-state index is 3.65. The van der Waals surface area contributed by atoms with Gasteiger partial charge in [-0.05, 0) is 214 Å². The van der Waals surface area contributed by atoms with Crippen molar-refractivity contribution in [3.8, 4) is 61.6 Å². The van der Waals surface area contributed by atoms with Gasteiger partial charge in [0.05, 0.1) is 50.3 Å². The monoisotopic (exact) mass is 1490 g/mol. The lowest BCUT2D eigenvalue weighted by atomic mass is 9.98. The Balaban J connectivity index is 0.000000120. The van der Waals surface area contributed by atoms with E-state index in [-0.39, 0.29) is 0 Å². The Morgan fingerprint density at radius 1 is 0.239 bits per heavy atom. The van der Waals surface area contributed by atoms with Crippen LogP contribution in [0.3, 0.4) is 0 Å². The summed E-state index contributed by atoms with van der Waals surface area (Å²) in [6.07, 6.45) is 4.42. The first-order chi connectivity index (χ1) is 54.0. The molecule has 516 valence electrons. The summed E-state index contributed by atoms with van der Waals surface area (Å²) in [5.41, 5.74) is 27.5. The Hall–Kier alpha value is -13.0. The minimum absolute atomic E-state index is 1.10. The van der Waals surface area contributed by atoms with Gasteiger partial charge in [-0.3, -0.25) is 0 Å². The highest BCUT2D eigenvalue weighted by Gasteiger charge is 2.27. The summed E-state index contributed by atoms with van der Waals surface area (Å²) in [6.45, 7) is 0. The minimum Gasteiger partial charge on any atom is -0.354 e. The molecular formula is C100H67BrN6S2. The van der Waals surface area contributed by atoms with Crippen LogP contribution in [0.4, 0.5) is 34.1 Å². The lowest BCUT2D eigenvalue weighted by molar-refractivity contribution is 1.13. The van der Waals surface area contributed by atoms with E-state index in [2.05, 4.69) is 445 Å². The largest absolute Gasteiger partial charge is 0.354 e. The number of hydrogen-bond donors (Lipinski definition) is 1. The fourth-order valence-corrected chi connectivity index (χ4v) is 18.3. The molecule has 0 fully saturated rings. The van der Waals surface area contributed by atoms with E-state index in [1.54, 1.807) is 0 Å². The predicted molar refractivity (Wildman–Crippen MR) is 464 cm³/mol. The van der Waals surface area contributed by atoms with Crippen molar-refractivity contribution in [3.05, 3.63) is 405 Å². The van der Waals surface area contributed by atoms with Crippen LogP contribution in [0.15, 0.2) is 425 Å². The zero-order chi connectivity index (χ0) is 72.3. The average molecular weight is 1500 g/mol. The average Bonchev–Trinajstić information content (AvgIpc) is 1.59. The molecule has 0 bridgehead atoms. The summed E-state index contributed by atoms with van der Waals surface area (Å²) in [5.74, 6) is 0. The summed E-state index contributed by atoms with van der Waals surface area (Å²) in [6, 6.07) is 139. The number of H-pyrrole nitrogens is 1. The molecule has 2 aliphatic rings. The van der Waals surface area contributed by atoms with E-state index in [9.17, 15) is 0 Å². The number of aromatic amines is 1. The van der Waals surface area contributed by atoms with E-state index in [0.717, 1.165) is 27.2 Å². The second-order valence-electron chi connectivity index (χ2n) is 27.4. The summed E-state index contributed by atoms with van der Waals surface area (Å²) in [5, 5.41) is 7.49. The van der Waals surface area contributed by atoms with Crippen LogP contribution in [-0.4, -0.2) is 18.7 Å². The maximum Gasteiger partial charge on any atom is 0.0635 e. The first kappa shape index (κ1) is 65.5. The van der Waals surface area contributed by atoms with Crippen LogP contribution in [0.25, 0.3) is 127 Å². The molecule has 16 aromatic carbocycles. The highest BCUT2D eigenvalue weighted by molar-refractivity contribution is 9.10. The molecule has 0 saturated heterocycles. The van der Waals surface area contributed by atoms with Crippen molar-refractivity contribution < 1.29 is 0 Å². The van der Waals surface area contributed by atoms with E-state index in [1.807, 2.05) is 23.5 Å². The van der Waals surface area contributed by atoms with Gasteiger partial charge in [0, 0.05) is 103 Å². The van der Waals surface area contributed by atoms with Gasteiger partial charge in [0.25, 0.3) is 0 Å². The van der Waals surface area contributed by atoms with Gasteiger partial charge in [-0.1, -0.05) is 258 Å². The van der Waals surface area contributed by atoms with E-state index in [4.69, 9.17) is 0 Å². The van der Waals surface area contributed by atoms with Crippen LogP contribution >= 0.6 is 39.5 Å². The molecule has 9 heteroatoms. The molecule has 6 nitrogen and oxygen atoms in total. The van der Waals surface area contributed by atoms with Gasteiger partial charge in [-0.15, -0.1) is 0 Å². The number of nitrogens with zero attached hydrogens (tertiary/aromatic N) is 5. The molecular weight excluding hydrogens is 1430 g/mol. The number of para-hydroxylation sites is 6. The zero-order valence-corrected chi connectivity index (χ0v) is 62.3. The summed E-state index contributed by atoms with van der Waals surface area (Å²) < 4.78 is 8.20. The van der Waals surface area contributed by atoms with Crippen molar-refractivity contribution >= 4 is 139 Å². The number of rotatable bonds is 9. The van der Waals surface area contributed by atoms with Gasteiger partial charge < -0.3 is 28.5 Å². The number of hydrogen-bond acceptors (Lipinski definition) is 4. The molecule has 20 aromatic rings. The van der Waals surface area contributed by atoms with Crippen LogP contribution in [0, 0.1) is 0 Å². The van der Waals surface area contributed by atoms with Crippen molar-refractivity contribution in [2.24, 2.45) is 0 Å². The summed E-state index contributed by atoms with van der Waals surface area (Å²) >= 11 is 7.18. The Kier molecular flexibility index (Phi) is 16.8. The third kappa shape index (κ3) is 12.1. The SMILES string of the molecule is Brc1ccc(N2c3ccccc3Sc3ccccc32)cc1.c1ccc(-c2cc(-c3ccccc3)cc(-n3ccc4c3ccc3c5ccccc5n(-c5ccc(N6c7ccccc7Sc7ccccc76)cc5)c34)c2)cc1.c1ccc(-c2cc(-c3ccccc3)cc(-n3ccc4c5[nH]c6ccccc6c5ccc43)c2)cc1. The van der Waals surface area contributed by atoms with Crippen LogP contribution < -0.4 is 9.80 Å². The molecule has 109 heavy (non-hydrogen) atoms. The molecule has 0 spiro atoms. The van der Waals surface area contributed by atoms with E-state index in [1.165, 1.54) is 158 Å². The van der Waals surface area contributed by atoms with Crippen LogP contribution in [0.2, 0.25) is 0 Å². The first-order valence-electron chi connectivity index (χ1n) is 36.7. The Labute approximate surface area is 648 Å². The third-order valence-corrected chi connectivity index (χ3v) is 23.8. The Morgan fingerprint density at radius 2 is 0.606 bits per heavy atom. The van der Waals surface area contributed by atoms with Gasteiger partial charge in [-0.2, -0.15) is 0 Å². The van der Waals surface area contributed by atoms with E-state index in [0.29, 0.717) is 0 Å². The lowest BCUT2D eigenvalue weighted by Crippen LogP contribution is -2.14. The number of nitrogens with one attached hydrogen (secondary N) is 1. The highest BCUT2D eigenvalue weighted by atomic mass is 79.9. The maximum atomic E-state index is 3.65. The molecule has 2 aliphatic heterocycles. The summed E-state index contributed by atoms with van der Waals surface area (Å²) in [4.78, 5) is 13.5. The molecule has 22 rings (SSSR count). The molecule has 0 unspecified atom stereocenters. The van der Waals surface area contributed by atoms with Crippen molar-refractivity contribution in [3.63, 3.8) is 0 Å². The van der Waals surface area contributed by atoms with Gasteiger partial charge in [0.15, 0.2) is 0 Å². The number of fused-ring (bicyclic) bond motifs is 14. The molecule has 0 atom stereocenters. The van der Waals surface area contributed by atoms with Crippen molar-refractivity contribution in [1.29, 1.82) is 0 Å². The molecule has 0 aliphatic carbocycles. The Bertz CT molecular complexity index is 6600. The molecule has 0 saturated carbocycles. The number of halogens is 1. The van der Waals surface area contributed by atoms with Gasteiger partial charge in [0.1, 0.15) is 0 Å². The second-order valence-corrected chi connectivity index (χ2v) is 30.5. The van der Waals surface area contributed by atoms with Gasteiger partial charge in [0.2, 0.25) is 0 Å². The van der Waals surface area contributed by atoms with Crippen molar-refractivity contribution in [2.75, 3.05) is 9.80 Å². The normalized spacial score (nSPS) is 12.2. The minimum atomic E-state index is 1.10. The topological polar surface area (TPSA) is 37.1 Å². The predicted octanol–water partition coefficient (Wildman–Crippen LogP) is 29.0. The van der Waals surface area contributed by atoms with Crippen molar-refractivity contribution in [1.82, 2.24) is 18.7 Å². The highest BCUT2D eigenvalue weighted by Crippen LogP contribution is 2.53. The van der Waals surface area contributed by atoms with E-state index < -0.39 is 0 Å². The van der Waals surface area contributed by atoms with Crippen LogP contribution in [0.5, 0.6) is 0 Å². The van der Waals surface area contributed by atoms with Gasteiger partial charge in [-0.25, -0.2) is 0 Å². The first-order valence-corrected chi connectivity index (χ1v) is 39.1. The third-order valence-electron chi connectivity index (χ3n) is 21.0. The smallest absolute Gasteiger partial charge is 0.0635 e. The number of benzene rings is 16. The molecule has 4 aromatic heterocycles. The summed E-state index contributed by atoms with van der Waals surface area (Å²) in [7, 11) is 0. The van der Waals surface area contributed by atoms with Crippen molar-refractivity contribution in [2.45, 2.75) is 19.6 Å². The zero-order valence-electron chi connectivity index (χ0n) is 59.0. The molecule has 0 amide bonds. The molecule has 0 radical (unpaired) electrons.